The molecule has 2 aromatic carbocycles. The molecule has 3 rings (SSSR count). The van der Waals surface area contributed by atoms with Crippen LogP contribution in [-0.2, 0) is 22.6 Å². The van der Waals surface area contributed by atoms with Gasteiger partial charge in [-0.15, -0.1) is 0 Å². The van der Waals surface area contributed by atoms with Gasteiger partial charge in [-0.25, -0.2) is 0 Å². The molecule has 154 valence electrons. The number of nitrogens with one attached hydrogen (secondary N) is 1. The number of rotatable bonds is 6. The zero-order valence-electron chi connectivity index (χ0n) is 17.9. The maximum atomic E-state index is 13.1. The summed E-state index contributed by atoms with van der Waals surface area (Å²) in [5.74, 6) is -0.416. The van der Waals surface area contributed by atoms with Gasteiger partial charge in [0.05, 0.1) is 0 Å². The number of fused-ring (bicyclic) bond motifs is 1. The van der Waals surface area contributed by atoms with E-state index in [1.54, 1.807) is 18.7 Å². The van der Waals surface area contributed by atoms with Crippen LogP contribution in [0, 0.1) is 5.41 Å². The third kappa shape index (κ3) is 4.44. The van der Waals surface area contributed by atoms with Crippen molar-refractivity contribution in [3.63, 3.8) is 0 Å². The standard InChI is InChI=1S/C24H31N3O2/c1-5-26(6-2)21-13-11-20(12-14-21)25-22(28)24(3,4)23(29)27-16-15-18-9-7-8-10-19(18)17-27/h7-14H,5-6,15-17H2,1-4H3,(H,25,28). The fraction of sp³-hybridized carbons (Fsp3) is 0.417. The highest BCUT2D eigenvalue weighted by Gasteiger charge is 2.40. The summed E-state index contributed by atoms with van der Waals surface area (Å²) in [5, 5.41) is 2.92. The van der Waals surface area contributed by atoms with Crippen molar-refractivity contribution in [3.8, 4) is 0 Å². The Morgan fingerprint density at radius 1 is 1.00 bits per heavy atom. The molecule has 1 N–H and O–H groups in total. The highest BCUT2D eigenvalue weighted by molar-refractivity contribution is 6.09. The normalized spacial score (nSPS) is 13.6. The number of nitrogens with zero attached hydrogens (tertiary/aromatic N) is 2. The topological polar surface area (TPSA) is 52.7 Å². The van der Waals surface area contributed by atoms with E-state index >= 15 is 0 Å². The number of hydrogen-bond acceptors (Lipinski definition) is 3. The van der Waals surface area contributed by atoms with Crippen LogP contribution < -0.4 is 10.2 Å². The second-order valence-corrected chi connectivity index (χ2v) is 8.04. The van der Waals surface area contributed by atoms with Crippen molar-refractivity contribution in [2.24, 2.45) is 5.41 Å². The molecule has 0 unspecified atom stereocenters. The highest BCUT2D eigenvalue weighted by Crippen LogP contribution is 2.27. The molecule has 0 aromatic heterocycles. The fourth-order valence-electron chi connectivity index (χ4n) is 3.79. The first-order chi connectivity index (χ1) is 13.9. The van der Waals surface area contributed by atoms with Gasteiger partial charge in [0, 0.05) is 37.6 Å². The van der Waals surface area contributed by atoms with Crippen LogP contribution in [0.15, 0.2) is 48.5 Å². The average molecular weight is 394 g/mol. The minimum atomic E-state index is -1.14. The van der Waals surface area contributed by atoms with E-state index in [-0.39, 0.29) is 11.8 Å². The van der Waals surface area contributed by atoms with E-state index in [9.17, 15) is 9.59 Å². The third-order valence-corrected chi connectivity index (χ3v) is 5.77. The van der Waals surface area contributed by atoms with Gasteiger partial charge in [-0.2, -0.15) is 0 Å². The molecule has 0 atom stereocenters. The lowest BCUT2D eigenvalue weighted by atomic mass is 9.88. The van der Waals surface area contributed by atoms with Crippen LogP contribution in [0.1, 0.15) is 38.8 Å². The number of amides is 2. The van der Waals surface area contributed by atoms with Crippen molar-refractivity contribution >= 4 is 23.2 Å². The van der Waals surface area contributed by atoms with Crippen LogP contribution in [0.5, 0.6) is 0 Å². The SMILES string of the molecule is CCN(CC)c1ccc(NC(=O)C(C)(C)C(=O)N2CCc3ccccc3C2)cc1. The quantitative estimate of drug-likeness (QED) is 0.753. The van der Waals surface area contributed by atoms with Gasteiger partial charge in [0.15, 0.2) is 0 Å². The van der Waals surface area contributed by atoms with Gasteiger partial charge in [-0.05, 0) is 69.5 Å². The zero-order chi connectivity index (χ0) is 21.0. The van der Waals surface area contributed by atoms with E-state index in [4.69, 9.17) is 0 Å². The maximum Gasteiger partial charge on any atom is 0.239 e. The lowest BCUT2D eigenvalue weighted by molar-refractivity contribution is -0.147. The second kappa shape index (κ2) is 8.68. The smallest absolute Gasteiger partial charge is 0.239 e. The van der Waals surface area contributed by atoms with Crippen molar-refractivity contribution in [3.05, 3.63) is 59.7 Å². The first-order valence-corrected chi connectivity index (χ1v) is 10.4. The van der Waals surface area contributed by atoms with Crippen molar-refractivity contribution in [2.75, 3.05) is 29.9 Å². The van der Waals surface area contributed by atoms with Crippen molar-refractivity contribution in [1.82, 2.24) is 4.90 Å². The van der Waals surface area contributed by atoms with Gasteiger partial charge in [0.1, 0.15) is 5.41 Å². The summed E-state index contributed by atoms with van der Waals surface area (Å²) in [6.07, 6.45) is 0.826. The minimum Gasteiger partial charge on any atom is -0.372 e. The van der Waals surface area contributed by atoms with Gasteiger partial charge >= 0.3 is 0 Å². The summed E-state index contributed by atoms with van der Waals surface area (Å²) in [5.41, 5.74) is 3.14. The highest BCUT2D eigenvalue weighted by atomic mass is 16.2. The minimum absolute atomic E-state index is 0.135. The molecule has 0 aliphatic carbocycles. The van der Waals surface area contributed by atoms with Crippen LogP contribution in [0.4, 0.5) is 11.4 Å². The van der Waals surface area contributed by atoms with E-state index < -0.39 is 5.41 Å². The number of carbonyl (C=O) groups is 2. The van der Waals surface area contributed by atoms with Gasteiger partial charge in [0.2, 0.25) is 11.8 Å². The Balaban J connectivity index is 1.67. The maximum absolute atomic E-state index is 13.1. The van der Waals surface area contributed by atoms with E-state index in [1.807, 2.05) is 36.4 Å². The fourth-order valence-corrected chi connectivity index (χ4v) is 3.79. The molecule has 1 aliphatic heterocycles. The number of carbonyl (C=O) groups excluding carboxylic acids is 2. The lowest BCUT2D eigenvalue weighted by Gasteiger charge is -2.34. The Hall–Kier alpha value is -2.82. The zero-order valence-corrected chi connectivity index (χ0v) is 17.9. The van der Waals surface area contributed by atoms with Crippen molar-refractivity contribution in [2.45, 2.75) is 40.7 Å². The Morgan fingerprint density at radius 3 is 2.24 bits per heavy atom. The molecule has 2 amide bonds. The number of hydrogen-bond donors (Lipinski definition) is 1. The molecular formula is C24H31N3O2. The molecular weight excluding hydrogens is 362 g/mol. The third-order valence-electron chi connectivity index (χ3n) is 5.77. The molecule has 5 nitrogen and oxygen atoms in total. The molecule has 1 aliphatic rings. The lowest BCUT2D eigenvalue weighted by Crippen LogP contribution is -2.48. The first-order valence-electron chi connectivity index (χ1n) is 10.4. The number of benzene rings is 2. The van der Waals surface area contributed by atoms with Gasteiger partial charge < -0.3 is 15.1 Å². The monoisotopic (exact) mass is 393 g/mol. The first kappa shape index (κ1) is 20.9. The second-order valence-electron chi connectivity index (χ2n) is 8.04. The summed E-state index contributed by atoms with van der Waals surface area (Å²) in [4.78, 5) is 30.1. The predicted octanol–water partition coefficient (Wildman–Crippen LogP) is 4.08. The average Bonchev–Trinajstić information content (AvgIpc) is 2.74. The predicted molar refractivity (Wildman–Crippen MR) is 118 cm³/mol. The molecule has 29 heavy (non-hydrogen) atoms. The van der Waals surface area contributed by atoms with Gasteiger partial charge in [0.25, 0.3) is 0 Å². The summed E-state index contributed by atoms with van der Waals surface area (Å²) in [6.45, 7) is 10.7. The summed E-state index contributed by atoms with van der Waals surface area (Å²) in [7, 11) is 0. The van der Waals surface area contributed by atoms with Crippen LogP contribution in [0.25, 0.3) is 0 Å². The van der Waals surface area contributed by atoms with Crippen molar-refractivity contribution < 1.29 is 9.59 Å². The molecule has 2 aromatic rings. The van der Waals surface area contributed by atoms with Crippen LogP contribution in [-0.4, -0.2) is 36.3 Å². The molecule has 0 fully saturated rings. The Labute approximate surface area is 173 Å². The molecule has 0 bridgehead atoms. The van der Waals surface area contributed by atoms with Crippen LogP contribution in [0.3, 0.4) is 0 Å². The van der Waals surface area contributed by atoms with E-state index in [1.165, 1.54) is 5.56 Å². The van der Waals surface area contributed by atoms with Crippen LogP contribution in [0.2, 0.25) is 0 Å². The van der Waals surface area contributed by atoms with Crippen LogP contribution >= 0.6 is 0 Å². The molecule has 5 heteroatoms. The van der Waals surface area contributed by atoms with Crippen molar-refractivity contribution in [1.29, 1.82) is 0 Å². The molecule has 0 saturated carbocycles. The van der Waals surface area contributed by atoms with Gasteiger partial charge in [-0.1, -0.05) is 24.3 Å². The van der Waals surface area contributed by atoms with E-state index in [0.717, 1.165) is 30.8 Å². The summed E-state index contributed by atoms with van der Waals surface area (Å²) in [6, 6.07) is 16.0. The summed E-state index contributed by atoms with van der Waals surface area (Å²) >= 11 is 0. The largest absolute Gasteiger partial charge is 0.372 e. The van der Waals surface area contributed by atoms with E-state index in [0.29, 0.717) is 18.8 Å². The molecule has 1 heterocycles. The Bertz CT molecular complexity index is 870. The molecule has 0 radical (unpaired) electrons. The molecule has 0 saturated heterocycles. The Morgan fingerprint density at radius 2 is 1.62 bits per heavy atom. The van der Waals surface area contributed by atoms with Gasteiger partial charge in [-0.3, -0.25) is 9.59 Å². The Kier molecular flexibility index (Phi) is 6.26. The van der Waals surface area contributed by atoms with E-state index in [2.05, 4.69) is 36.2 Å². The molecule has 0 spiro atoms. The summed E-state index contributed by atoms with van der Waals surface area (Å²) < 4.78 is 0. The number of anilines is 2.